The van der Waals surface area contributed by atoms with Crippen LogP contribution in [0, 0.1) is 0 Å². The zero-order chi connectivity index (χ0) is 12.0. The van der Waals surface area contributed by atoms with E-state index in [1.54, 1.807) is 6.92 Å². The molecule has 0 aliphatic rings. The molecule has 0 N–H and O–H groups in total. The van der Waals surface area contributed by atoms with Crippen LogP contribution in [-0.4, -0.2) is 17.4 Å². The second-order valence-corrected chi connectivity index (χ2v) is 4.15. The summed E-state index contributed by atoms with van der Waals surface area (Å²) in [5, 5.41) is 0. The first-order chi connectivity index (χ1) is 7.66. The Morgan fingerprint density at radius 2 is 1.94 bits per heavy atom. The summed E-state index contributed by atoms with van der Waals surface area (Å²) in [5.41, 5.74) is 1.20. The van der Waals surface area contributed by atoms with Crippen LogP contribution in [0.1, 0.15) is 45.2 Å². The first kappa shape index (κ1) is 12.8. The third kappa shape index (κ3) is 3.37. The Bertz CT molecular complexity index is 321. The van der Waals surface area contributed by atoms with E-state index in [0.717, 1.165) is 19.4 Å². The standard InChI is InChI=1S/C14H21NO/c1-4-5-11-15(13(3)16)12(2)14-9-7-6-8-10-14/h6-10,12H,4-5,11H2,1-3H3. The maximum atomic E-state index is 11.6. The van der Waals surface area contributed by atoms with Gasteiger partial charge in [0.05, 0.1) is 6.04 Å². The lowest BCUT2D eigenvalue weighted by molar-refractivity contribution is -0.131. The topological polar surface area (TPSA) is 20.3 Å². The third-order valence-corrected chi connectivity index (χ3v) is 2.91. The molecule has 1 aromatic carbocycles. The van der Waals surface area contributed by atoms with E-state index in [0.29, 0.717) is 0 Å². The van der Waals surface area contributed by atoms with Gasteiger partial charge in [-0.05, 0) is 18.9 Å². The van der Waals surface area contributed by atoms with Gasteiger partial charge in [-0.1, -0.05) is 43.7 Å². The van der Waals surface area contributed by atoms with Crippen molar-refractivity contribution in [2.75, 3.05) is 6.54 Å². The van der Waals surface area contributed by atoms with E-state index in [-0.39, 0.29) is 11.9 Å². The molecule has 0 saturated heterocycles. The molecule has 2 nitrogen and oxygen atoms in total. The van der Waals surface area contributed by atoms with Crippen molar-refractivity contribution in [3.05, 3.63) is 35.9 Å². The van der Waals surface area contributed by atoms with Gasteiger partial charge in [-0.3, -0.25) is 4.79 Å². The van der Waals surface area contributed by atoms with Crippen LogP contribution in [0.5, 0.6) is 0 Å². The van der Waals surface area contributed by atoms with E-state index < -0.39 is 0 Å². The third-order valence-electron chi connectivity index (χ3n) is 2.91. The van der Waals surface area contributed by atoms with Gasteiger partial charge in [-0.25, -0.2) is 0 Å². The quantitative estimate of drug-likeness (QED) is 0.743. The number of amides is 1. The number of hydrogen-bond acceptors (Lipinski definition) is 1. The Morgan fingerprint density at radius 1 is 1.31 bits per heavy atom. The van der Waals surface area contributed by atoms with Crippen molar-refractivity contribution in [3.63, 3.8) is 0 Å². The first-order valence-electron chi connectivity index (χ1n) is 5.99. The lowest BCUT2D eigenvalue weighted by Gasteiger charge is -2.28. The minimum Gasteiger partial charge on any atom is -0.336 e. The molecular weight excluding hydrogens is 198 g/mol. The highest BCUT2D eigenvalue weighted by Crippen LogP contribution is 2.20. The van der Waals surface area contributed by atoms with Crippen LogP contribution in [0.15, 0.2) is 30.3 Å². The second-order valence-electron chi connectivity index (χ2n) is 4.15. The van der Waals surface area contributed by atoms with E-state index in [9.17, 15) is 4.79 Å². The molecule has 0 heterocycles. The van der Waals surface area contributed by atoms with Crippen LogP contribution in [0.25, 0.3) is 0 Å². The van der Waals surface area contributed by atoms with Gasteiger partial charge in [0, 0.05) is 13.5 Å². The first-order valence-corrected chi connectivity index (χ1v) is 5.99. The Morgan fingerprint density at radius 3 is 2.44 bits per heavy atom. The molecule has 0 bridgehead atoms. The number of carbonyl (C=O) groups is 1. The normalized spacial score (nSPS) is 12.2. The molecule has 0 radical (unpaired) electrons. The van der Waals surface area contributed by atoms with E-state index >= 15 is 0 Å². The highest BCUT2D eigenvalue weighted by molar-refractivity contribution is 5.73. The molecule has 0 aliphatic heterocycles. The predicted octanol–water partition coefficient (Wildman–Crippen LogP) is 3.40. The fourth-order valence-corrected chi connectivity index (χ4v) is 1.86. The molecule has 1 atom stereocenters. The Balaban J connectivity index is 2.75. The van der Waals surface area contributed by atoms with Crippen LogP contribution in [0.3, 0.4) is 0 Å². The number of nitrogens with zero attached hydrogens (tertiary/aromatic N) is 1. The summed E-state index contributed by atoms with van der Waals surface area (Å²) in [4.78, 5) is 13.5. The molecule has 88 valence electrons. The van der Waals surface area contributed by atoms with Gasteiger partial charge in [-0.2, -0.15) is 0 Å². The van der Waals surface area contributed by atoms with Gasteiger partial charge < -0.3 is 4.90 Å². The van der Waals surface area contributed by atoms with Gasteiger partial charge in [0.1, 0.15) is 0 Å². The lowest BCUT2D eigenvalue weighted by atomic mass is 10.1. The molecule has 0 spiro atoms. The Labute approximate surface area is 98.3 Å². The van der Waals surface area contributed by atoms with Crippen molar-refractivity contribution in [1.82, 2.24) is 4.90 Å². The Hall–Kier alpha value is -1.31. The number of carbonyl (C=O) groups excluding carboxylic acids is 1. The smallest absolute Gasteiger partial charge is 0.219 e. The second kappa shape index (κ2) is 6.31. The van der Waals surface area contributed by atoms with E-state index in [1.807, 2.05) is 23.1 Å². The summed E-state index contributed by atoms with van der Waals surface area (Å²) < 4.78 is 0. The summed E-state index contributed by atoms with van der Waals surface area (Å²) in [6.45, 7) is 6.73. The van der Waals surface area contributed by atoms with Crippen LogP contribution in [0.2, 0.25) is 0 Å². The molecule has 0 aromatic heterocycles. The Kier molecular flexibility index (Phi) is 5.03. The van der Waals surface area contributed by atoms with Gasteiger partial charge >= 0.3 is 0 Å². The van der Waals surface area contributed by atoms with E-state index in [1.165, 1.54) is 5.56 Å². The fraction of sp³-hybridized carbons (Fsp3) is 0.500. The molecule has 16 heavy (non-hydrogen) atoms. The summed E-state index contributed by atoms with van der Waals surface area (Å²) in [6, 6.07) is 10.4. The van der Waals surface area contributed by atoms with Crippen molar-refractivity contribution in [3.8, 4) is 0 Å². The highest BCUT2D eigenvalue weighted by atomic mass is 16.2. The molecule has 0 saturated carbocycles. The fourth-order valence-electron chi connectivity index (χ4n) is 1.86. The maximum Gasteiger partial charge on any atom is 0.219 e. The average molecular weight is 219 g/mol. The summed E-state index contributed by atoms with van der Waals surface area (Å²) >= 11 is 0. The zero-order valence-corrected chi connectivity index (χ0v) is 10.4. The lowest BCUT2D eigenvalue weighted by Crippen LogP contribution is -2.32. The molecule has 0 fully saturated rings. The average Bonchev–Trinajstić information content (AvgIpc) is 2.30. The molecule has 1 rings (SSSR count). The largest absolute Gasteiger partial charge is 0.336 e. The summed E-state index contributed by atoms with van der Waals surface area (Å²) in [5.74, 6) is 0.157. The monoisotopic (exact) mass is 219 g/mol. The molecule has 1 amide bonds. The molecule has 2 heteroatoms. The van der Waals surface area contributed by atoms with Crippen molar-refractivity contribution >= 4 is 5.91 Å². The molecule has 0 aliphatic carbocycles. The number of hydrogen-bond donors (Lipinski definition) is 0. The van der Waals surface area contributed by atoms with Crippen molar-refractivity contribution in [2.45, 2.75) is 39.7 Å². The predicted molar refractivity (Wildman–Crippen MR) is 67.2 cm³/mol. The molecular formula is C14H21NO. The van der Waals surface area contributed by atoms with Gasteiger partial charge in [0.15, 0.2) is 0 Å². The van der Waals surface area contributed by atoms with Gasteiger partial charge in [0.2, 0.25) is 5.91 Å². The number of benzene rings is 1. The van der Waals surface area contributed by atoms with Crippen molar-refractivity contribution in [2.24, 2.45) is 0 Å². The zero-order valence-electron chi connectivity index (χ0n) is 10.4. The van der Waals surface area contributed by atoms with Crippen LogP contribution in [0.4, 0.5) is 0 Å². The van der Waals surface area contributed by atoms with Crippen molar-refractivity contribution < 1.29 is 4.79 Å². The van der Waals surface area contributed by atoms with Crippen molar-refractivity contribution in [1.29, 1.82) is 0 Å². The van der Waals surface area contributed by atoms with Crippen LogP contribution in [-0.2, 0) is 4.79 Å². The van der Waals surface area contributed by atoms with E-state index in [2.05, 4.69) is 26.0 Å². The number of unbranched alkanes of at least 4 members (excludes halogenated alkanes) is 1. The van der Waals surface area contributed by atoms with Crippen LogP contribution >= 0.6 is 0 Å². The minimum atomic E-state index is 0.157. The minimum absolute atomic E-state index is 0.157. The summed E-state index contributed by atoms with van der Waals surface area (Å²) in [7, 11) is 0. The molecule has 1 unspecified atom stereocenters. The SMILES string of the molecule is CCCCN(C(C)=O)C(C)c1ccccc1. The van der Waals surface area contributed by atoms with Crippen LogP contribution < -0.4 is 0 Å². The van der Waals surface area contributed by atoms with E-state index in [4.69, 9.17) is 0 Å². The maximum absolute atomic E-state index is 11.6. The number of rotatable bonds is 5. The highest BCUT2D eigenvalue weighted by Gasteiger charge is 2.17. The van der Waals surface area contributed by atoms with Gasteiger partial charge in [-0.15, -0.1) is 0 Å². The van der Waals surface area contributed by atoms with Gasteiger partial charge in [0.25, 0.3) is 0 Å². The molecule has 1 aromatic rings. The summed E-state index contributed by atoms with van der Waals surface area (Å²) in [6.07, 6.45) is 2.18.